The average Bonchev–Trinajstić information content (AvgIpc) is 2.74. The van der Waals surface area contributed by atoms with Gasteiger partial charge in [-0.1, -0.05) is 23.7 Å². The van der Waals surface area contributed by atoms with E-state index >= 15 is 0 Å². The highest BCUT2D eigenvalue weighted by Crippen LogP contribution is 2.33. The van der Waals surface area contributed by atoms with Crippen LogP contribution in [0.15, 0.2) is 71.6 Å². The monoisotopic (exact) mass is 484 g/mol. The van der Waals surface area contributed by atoms with Gasteiger partial charge in [0.1, 0.15) is 10.6 Å². The lowest BCUT2D eigenvalue weighted by Crippen LogP contribution is -2.19. The Hall–Kier alpha value is -3.24. The first-order valence-corrected chi connectivity index (χ1v) is 10.8. The normalized spacial score (nSPS) is 11.7. The van der Waals surface area contributed by atoms with Crippen LogP contribution in [-0.2, 0) is 16.2 Å². The van der Waals surface area contributed by atoms with Gasteiger partial charge in [0.05, 0.1) is 18.2 Å². The molecule has 6 nitrogen and oxygen atoms in total. The van der Waals surface area contributed by atoms with Crippen molar-refractivity contribution in [2.75, 3.05) is 17.1 Å². The number of methoxy groups -OCH3 is 1. The van der Waals surface area contributed by atoms with Crippen molar-refractivity contribution in [3.63, 3.8) is 0 Å². The average molecular weight is 485 g/mol. The van der Waals surface area contributed by atoms with Crippen molar-refractivity contribution in [3.05, 3.63) is 82.9 Å². The maximum Gasteiger partial charge on any atom is 0.417 e. The molecule has 3 aromatic carbocycles. The van der Waals surface area contributed by atoms with Crippen LogP contribution >= 0.6 is 11.6 Å². The van der Waals surface area contributed by atoms with Crippen LogP contribution in [0.5, 0.6) is 5.75 Å². The summed E-state index contributed by atoms with van der Waals surface area (Å²) in [4.78, 5) is 12.2. The fourth-order valence-corrected chi connectivity index (χ4v) is 4.20. The van der Waals surface area contributed by atoms with Crippen molar-refractivity contribution in [1.29, 1.82) is 0 Å². The second-order valence-corrected chi connectivity index (χ2v) is 8.56. The number of anilines is 2. The number of carbonyl (C=O) groups is 1. The molecular formula is C21H16ClF3N2O4S. The Labute approximate surface area is 187 Å². The minimum atomic E-state index is -4.73. The van der Waals surface area contributed by atoms with Crippen molar-refractivity contribution >= 4 is 38.9 Å². The molecule has 0 spiro atoms. The van der Waals surface area contributed by atoms with Crippen molar-refractivity contribution in [1.82, 2.24) is 0 Å². The summed E-state index contributed by atoms with van der Waals surface area (Å²) in [5.74, 6) is -1.07. The molecule has 2 N–H and O–H groups in total. The zero-order valence-corrected chi connectivity index (χ0v) is 18.0. The van der Waals surface area contributed by atoms with E-state index in [2.05, 4.69) is 10.0 Å². The number of amides is 1. The Morgan fingerprint density at radius 3 is 2.22 bits per heavy atom. The second-order valence-electron chi connectivity index (χ2n) is 6.48. The van der Waals surface area contributed by atoms with E-state index in [0.717, 1.165) is 18.2 Å². The molecule has 0 heterocycles. The molecule has 0 saturated carbocycles. The van der Waals surface area contributed by atoms with Crippen molar-refractivity contribution in [2.24, 2.45) is 0 Å². The van der Waals surface area contributed by atoms with Crippen LogP contribution in [0, 0.1) is 0 Å². The summed E-state index contributed by atoms with van der Waals surface area (Å²) in [6.07, 6.45) is -4.73. The molecule has 0 aliphatic heterocycles. The van der Waals surface area contributed by atoms with Crippen molar-refractivity contribution < 1.29 is 31.1 Å². The third-order valence-electron chi connectivity index (χ3n) is 4.28. The molecule has 32 heavy (non-hydrogen) atoms. The number of hydrogen-bond acceptors (Lipinski definition) is 4. The van der Waals surface area contributed by atoms with Gasteiger partial charge in [0, 0.05) is 16.4 Å². The van der Waals surface area contributed by atoms with E-state index in [1.165, 1.54) is 55.6 Å². The standard InChI is InChI=1S/C21H16ClF3N2O4S/c1-31-18-11-10-15(26-20(28)16-4-2-3-5-17(16)21(23,24)25)12-19(18)32(29,30)27-14-8-6-13(22)7-9-14/h2-12,27H,1H3,(H,26,28). The van der Waals surface area contributed by atoms with Crippen LogP contribution < -0.4 is 14.8 Å². The number of rotatable bonds is 6. The van der Waals surface area contributed by atoms with Gasteiger partial charge in [-0.3, -0.25) is 9.52 Å². The van der Waals surface area contributed by atoms with Gasteiger partial charge in [-0.2, -0.15) is 13.2 Å². The minimum Gasteiger partial charge on any atom is -0.495 e. The molecule has 3 rings (SSSR count). The number of alkyl halides is 3. The fraction of sp³-hybridized carbons (Fsp3) is 0.0952. The van der Waals surface area contributed by atoms with Crippen molar-refractivity contribution in [2.45, 2.75) is 11.1 Å². The summed E-state index contributed by atoms with van der Waals surface area (Å²) in [7, 11) is -2.91. The van der Waals surface area contributed by atoms with Gasteiger partial charge in [0.2, 0.25) is 0 Å². The van der Waals surface area contributed by atoms with E-state index < -0.39 is 33.2 Å². The summed E-state index contributed by atoms with van der Waals surface area (Å²) in [5.41, 5.74) is -1.52. The van der Waals surface area contributed by atoms with Gasteiger partial charge in [0.25, 0.3) is 15.9 Å². The first-order valence-electron chi connectivity index (χ1n) is 8.95. The molecule has 11 heteroatoms. The Balaban J connectivity index is 1.93. The van der Waals surface area contributed by atoms with Crippen LogP contribution in [0.4, 0.5) is 24.5 Å². The molecule has 0 aliphatic carbocycles. The van der Waals surface area contributed by atoms with E-state index in [1.807, 2.05) is 0 Å². The molecule has 0 aliphatic rings. The van der Waals surface area contributed by atoms with E-state index in [9.17, 15) is 26.4 Å². The van der Waals surface area contributed by atoms with E-state index in [-0.39, 0.29) is 22.0 Å². The predicted molar refractivity (Wildman–Crippen MR) is 115 cm³/mol. The van der Waals surface area contributed by atoms with Gasteiger partial charge in [-0.25, -0.2) is 8.42 Å². The Morgan fingerprint density at radius 1 is 0.969 bits per heavy atom. The highest BCUT2D eigenvalue weighted by Gasteiger charge is 2.35. The number of sulfonamides is 1. The Kier molecular flexibility index (Phi) is 6.65. The van der Waals surface area contributed by atoms with Gasteiger partial charge >= 0.3 is 6.18 Å². The number of nitrogens with one attached hydrogen (secondary N) is 2. The van der Waals surface area contributed by atoms with E-state index in [1.54, 1.807) is 0 Å². The Morgan fingerprint density at radius 2 is 1.59 bits per heavy atom. The first kappa shape index (κ1) is 23.4. The fourth-order valence-electron chi connectivity index (χ4n) is 2.82. The third-order valence-corrected chi connectivity index (χ3v) is 5.94. The largest absolute Gasteiger partial charge is 0.495 e. The molecule has 0 bridgehead atoms. The lowest BCUT2D eigenvalue weighted by atomic mass is 10.1. The molecule has 0 saturated heterocycles. The molecule has 0 aromatic heterocycles. The number of hydrogen-bond donors (Lipinski definition) is 2. The summed E-state index contributed by atoms with van der Waals surface area (Å²) in [6, 6.07) is 13.8. The van der Waals surface area contributed by atoms with Gasteiger partial charge in [0.15, 0.2) is 0 Å². The Bertz CT molecular complexity index is 1250. The molecule has 3 aromatic rings. The highest BCUT2D eigenvalue weighted by molar-refractivity contribution is 7.92. The van der Waals surface area contributed by atoms with Crippen LogP contribution in [0.2, 0.25) is 5.02 Å². The zero-order chi connectivity index (χ0) is 23.5. The summed E-state index contributed by atoms with van der Waals surface area (Å²) in [6.45, 7) is 0. The summed E-state index contributed by atoms with van der Waals surface area (Å²) < 4.78 is 72.8. The van der Waals surface area contributed by atoms with Crippen LogP contribution in [0.3, 0.4) is 0 Å². The molecule has 0 fully saturated rings. The number of benzene rings is 3. The topological polar surface area (TPSA) is 84.5 Å². The lowest BCUT2D eigenvalue weighted by Gasteiger charge is -2.15. The molecular weight excluding hydrogens is 469 g/mol. The van der Waals surface area contributed by atoms with Crippen LogP contribution in [0.25, 0.3) is 0 Å². The number of ether oxygens (including phenoxy) is 1. The maximum absolute atomic E-state index is 13.2. The smallest absolute Gasteiger partial charge is 0.417 e. The third kappa shape index (κ3) is 5.32. The van der Waals surface area contributed by atoms with Gasteiger partial charge in [-0.05, 0) is 54.6 Å². The predicted octanol–water partition coefficient (Wildman–Crippen LogP) is 5.42. The minimum absolute atomic E-state index is 0.0276. The van der Waals surface area contributed by atoms with Crippen LogP contribution in [-0.4, -0.2) is 21.4 Å². The number of carbonyl (C=O) groups excluding carboxylic acids is 1. The van der Waals surface area contributed by atoms with Crippen molar-refractivity contribution in [3.8, 4) is 5.75 Å². The SMILES string of the molecule is COc1ccc(NC(=O)c2ccccc2C(F)(F)F)cc1S(=O)(=O)Nc1ccc(Cl)cc1. The zero-order valence-electron chi connectivity index (χ0n) is 16.4. The second kappa shape index (κ2) is 9.09. The van der Waals surface area contributed by atoms with E-state index in [0.29, 0.717) is 5.02 Å². The van der Waals surface area contributed by atoms with Crippen LogP contribution in [0.1, 0.15) is 15.9 Å². The highest BCUT2D eigenvalue weighted by atomic mass is 35.5. The number of halogens is 4. The van der Waals surface area contributed by atoms with E-state index in [4.69, 9.17) is 16.3 Å². The molecule has 1 amide bonds. The maximum atomic E-state index is 13.2. The molecule has 0 atom stereocenters. The summed E-state index contributed by atoms with van der Waals surface area (Å²) in [5, 5.41) is 2.71. The molecule has 0 unspecified atom stereocenters. The lowest BCUT2D eigenvalue weighted by molar-refractivity contribution is -0.137. The van der Waals surface area contributed by atoms with Gasteiger partial charge in [-0.15, -0.1) is 0 Å². The quantitative estimate of drug-likeness (QED) is 0.489. The molecule has 168 valence electrons. The van der Waals surface area contributed by atoms with Gasteiger partial charge < -0.3 is 10.1 Å². The molecule has 0 radical (unpaired) electrons. The summed E-state index contributed by atoms with van der Waals surface area (Å²) >= 11 is 5.80. The first-order chi connectivity index (χ1) is 15.0.